The summed E-state index contributed by atoms with van der Waals surface area (Å²) in [7, 11) is 0. The molecule has 1 heterocycles. The fourth-order valence-electron chi connectivity index (χ4n) is 3.14. The molecule has 2 aromatic rings. The smallest absolute Gasteiger partial charge is 0.340 e. The van der Waals surface area contributed by atoms with Crippen LogP contribution < -0.4 is 5.32 Å². The van der Waals surface area contributed by atoms with Crippen molar-refractivity contribution >= 4 is 11.9 Å². The molecule has 1 N–H and O–H groups in total. The fourth-order valence-corrected chi connectivity index (χ4v) is 3.14. The second kappa shape index (κ2) is 7.72. The lowest BCUT2D eigenvalue weighted by Gasteiger charge is -2.08. The van der Waals surface area contributed by atoms with Crippen molar-refractivity contribution in [3.8, 4) is 0 Å². The average molecular weight is 358 g/mol. The topological polar surface area (TPSA) is 60.3 Å². The number of aryl methyl sites for hydroxylation is 1. The average Bonchev–Trinajstić information content (AvgIpc) is 3.39. The van der Waals surface area contributed by atoms with Gasteiger partial charge in [-0.15, -0.1) is 0 Å². The maximum absolute atomic E-state index is 12.8. The molecule has 1 saturated carbocycles. The first-order valence-electron chi connectivity index (χ1n) is 8.82. The maximum Gasteiger partial charge on any atom is 0.340 e. The highest BCUT2D eigenvalue weighted by Crippen LogP contribution is 2.38. The number of ether oxygens (including phenoxy) is 1. The second-order valence-electron chi connectivity index (χ2n) is 6.69. The Labute approximate surface area is 152 Å². The van der Waals surface area contributed by atoms with Crippen LogP contribution in [0.1, 0.15) is 46.2 Å². The van der Waals surface area contributed by atoms with Gasteiger partial charge in [-0.25, -0.2) is 9.18 Å². The standard InChI is InChI=1S/C20H23FN2O3/c1-13-11-18(14(2)23(13)17-7-8-17)20(25)26-12-19(24)22-10-9-15-3-5-16(21)6-4-15/h3-6,11,17H,7-10,12H2,1-2H3,(H,22,24). The number of carbonyl (C=O) groups excluding carboxylic acids is 2. The number of nitrogens with one attached hydrogen (secondary N) is 1. The molecule has 0 bridgehead atoms. The summed E-state index contributed by atoms with van der Waals surface area (Å²) in [5.41, 5.74) is 3.39. The molecule has 0 aliphatic heterocycles. The monoisotopic (exact) mass is 358 g/mol. The Morgan fingerprint density at radius 3 is 2.58 bits per heavy atom. The van der Waals surface area contributed by atoms with Gasteiger partial charge in [0.25, 0.3) is 5.91 Å². The van der Waals surface area contributed by atoms with E-state index < -0.39 is 5.97 Å². The van der Waals surface area contributed by atoms with Crippen LogP contribution in [-0.4, -0.2) is 29.6 Å². The SMILES string of the molecule is Cc1cc(C(=O)OCC(=O)NCCc2ccc(F)cc2)c(C)n1C1CC1. The summed E-state index contributed by atoms with van der Waals surface area (Å²) in [6.07, 6.45) is 2.87. The summed E-state index contributed by atoms with van der Waals surface area (Å²) in [5, 5.41) is 2.70. The molecule has 0 saturated heterocycles. The normalized spacial score (nSPS) is 13.5. The lowest BCUT2D eigenvalue weighted by Crippen LogP contribution is -2.30. The van der Waals surface area contributed by atoms with Gasteiger partial charge in [0.2, 0.25) is 0 Å². The summed E-state index contributed by atoms with van der Waals surface area (Å²) in [6, 6.07) is 8.44. The molecule has 0 spiro atoms. The second-order valence-corrected chi connectivity index (χ2v) is 6.69. The van der Waals surface area contributed by atoms with Crippen molar-refractivity contribution in [3.63, 3.8) is 0 Å². The molecule has 1 aliphatic rings. The Morgan fingerprint density at radius 2 is 1.92 bits per heavy atom. The lowest BCUT2D eigenvalue weighted by molar-refractivity contribution is -0.124. The van der Waals surface area contributed by atoms with Crippen molar-refractivity contribution in [2.24, 2.45) is 0 Å². The molecule has 1 aromatic carbocycles. The molecular weight excluding hydrogens is 335 g/mol. The van der Waals surface area contributed by atoms with E-state index in [0.29, 0.717) is 24.6 Å². The van der Waals surface area contributed by atoms with E-state index in [1.54, 1.807) is 12.1 Å². The van der Waals surface area contributed by atoms with Crippen molar-refractivity contribution < 1.29 is 18.7 Å². The van der Waals surface area contributed by atoms with E-state index in [4.69, 9.17) is 4.74 Å². The van der Waals surface area contributed by atoms with Crippen LogP contribution in [0.2, 0.25) is 0 Å². The summed E-state index contributed by atoms with van der Waals surface area (Å²) in [4.78, 5) is 24.1. The number of benzene rings is 1. The largest absolute Gasteiger partial charge is 0.452 e. The molecule has 5 nitrogen and oxygen atoms in total. The first kappa shape index (κ1) is 18.2. The third-order valence-corrected chi connectivity index (χ3v) is 4.60. The van der Waals surface area contributed by atoms with Crippen molar-refractivity contribution in [3.05, 3.63) is 58.7 Å². The van der Waals surface area contributed by atoms with Gasteiger partial charge in [-0.2, -0.15) is 0 Å². The minimum atomic E-state index is -0.473. The van der Waals surface area contributed by atoms with Gasteiger partial charge >= 0.3 is 5.97 Å². The number of rotatable bonds is 7. The van der Waals surface area contributed by atoms with Gasteiger partial charge in [-0.1, -0.05) is 12.1 Å². The van der Waals surface area contributed by atoms with Crippen molar-refractivity contribution in [2.45, 2.75) is 39.2 Å². The minimum Gasteiger partial charge on any atom is -0.452 e. The zero-order chi connectivity index (χ0) is 18.7. The van der Waals surface area contributed by atoms with Crippen LogP contribution >= 0.6 is 0 Å². The van der Waals surface area contributed by atoms with Crippen molar-refractivity contribution in [2.75, 3.05) is 13.2 Å². The van der Waals surface area contributed by atoms with Crippen LogP contribution in [0.4, 0.5) is 4.39 Å². The number of aromatic nitrogens is 1. The van der Waals surface area contributed by atoms with Crippen molar-refractivity contribution in [1.82, 2.24) is 9.88 Å². The number of nitrogens with zero attached hydrogens (tertiary/aromatic N) is 1. The van der Waals surface area contributed by atoms with Gasteiger partial charge < -0.3 is 14.6 Å². The number of halogens is 1. The number of carbonyl (C=O) groups is 2. The van der Waals surface area contributed by atoms with Gasteiger partial charge in [0.05, 0.1) is 5.56 Å². The van der Waals surface area contributed by atoms with E-state index in [2.05, 4.69) is 9.88 Å². The molecule has 0 unspecified atom stereocenters. The van der Waals surface area contributed by atoms with Gasteiger partial charge in [0.1, 0.15) is 5.82 Å². The van der Waals surface area contributed by atoms with E-state index in [0.717, 1.165) is 29.8 Å². The fraction of sp³-hybridized carbons (Fsp3) is 0.400. The predicted octanol–water partition coefficient (Wildman–Crippen LogP) is 3.09. The third-order valence-electron chi connectivity index (χ3n) is 4.60. The molecule has 6 heteroatoms. The van der Waals surface area contributed by atoms with Gasteiger partial charge in [0, 0.05) is 24.0 Å². The van der Waals surface area contributed by atoms with E-state index in [9.17, 15) is 14.0 Å². The van der Waals surface area contributed by atoms with Crippen LogP contribution in [0.5, 0.6) is 0 Å². The van der Waals surface area contributed by atoms with Crippen molar-refractivity contribution in [1.29, 1.82) is 0 Å². The zero-order valence-electron chi connectivity index (χ0n) is 15.0. The minimum absolute atomic E-state index is 0.286. The molecular formula is C20H23FN2O3. The molecule has 0 radical (unpaired) electrons. The number of hydrogen-bond donors (Lipinski definition) is 1. The van der Waals surface area contributed by atoms with E-state index >= 15 is 0 Å². The van der Waals surface area contributed by atoms with E-state index in [1.165, 1.54) is 12.1 Å². The summed E-state index contributed by atoms with van der Waals surface area (Å²) in [6.45, 7) is 3.97. The van der Waals surface area contributed by atoms with Crippen LogP contribution in [0.3, 0.4) is 0 Å². The number of esters is 1. The highest BCUT2D eigenvalue weighted by Gasteiger charge is 2.28. The Bertz CT molecular complexity index is 807. The Morgan fingerprint density at radius 1 is 1.23 bits per heavy atom. The number of amides is 1. The molecule has 1 fully saturated rings. The lowest BCUT2D eigenvalue weighted by atomic mass is 10.1. The molecule has 1 aliphatic carbocycles. The molecule has 26 heavy (non-hydrogen) atoms. The van der Waals surface area contributed by atoms with E-state index in [1.807, 2.05) is 19.9 Å². The quantitative estimate of drug-likeness (QED) is 0.774. The van der Waals surface area contributed by atoms with Crippen LogP contribution in [0.25, 0.3) is 0 Å². The molecule has 1 amide bonds. The van der Waals surface area contributed by atoms with Gasteiger partial charge in [-0.3, -0.25) is 4.79 Å². The Kier molecular flexibility index (Phi) is 5.40. The predicted molar refractivity (Wildman–Crippen MR) is 95.6 cm³/mol. The molecule has 138 valence electrons. The number of hydrogen-bond acceptors (Lipinski definition) is 3. The van der Waals surface area contributed by atoms with Gasteiger partial charge in [-0.05, 0) is 56.9 Å². The highest BCUT2D eigenvalue weighted by molar-refractivity contribution is 5.92. The molecule has 3 rings (SSSR count). The Balaban J connectivity index is 1.44. The summed E-state index contributed by atoms with van der Waals surface area (Å²) < 4.78 is 20.1. The van der Waals surface area contributed by atoms with E-state index in [-0.39, 0.29) is 18.3 Å². The maximum atomic E-state index is 12.8. The van der Waals surface area contributed by atoms with Crippen LogP contribution in [0.15, 0.2) is 30.3 Å². The molecule has 0 atom stereocenters. The summed E-state index contributed by atoms with van der Waals surface area (Å²) >= 11 is 0. The van der Waals surface area contributed by atoms with Gasteiger partial charge in [0.15, 0.2) is 6.61 Å². The molecule has 1 aromatic heterocycles. The van der Waals surface area contributed by atoms with Crippen LogP contribution in [0, 0.1) is 19.7 Å². The first-order chi connectivity index (χ1) is 12.5. The summed E-state index contributed by atoms with van der Waals surface area (Å²) in [5.74, 6) is -1.11. The van der Waals surface area contributed by atoms with Crippen LogP contribution in [-0.2, 0) is 16.0 Å². The zero-order valence-corrected chi connectivity index (χ0v) is 15.0. The Hall–Kier alpha value is -2.63. The first-order valence-corrected chi connectivity index (χ1v) is 8.82. The highest BCUT2D eigenvalue weighted by atomic mass is 19.1. The third kappa shape index (κ3) is 4.31.